The summed E-state index contributed by atoms with van der Waals surface area (Å²) >= 11 is 0. The monoisotopic (exact) mass is 164 g/mol. The summed E-state index contributed by atoms with van der Waals surface area (Å²) in [6, 6.07) is 0. The molecular formula is C6H12O5. The van der Waals surface area contributed by atoms with Crippen LogP contribution in [0.4, 0.5) is 0 Å². The minimum atomic E-state index is -0.600. The number of epoxide rings is 1. The van der Waals surface area contributed by atoms with Crippen molar-refractivity contribution in [1.29, 1.82) is 0 Å². The molecular weight excluding hydrogens is 152 g/mol. The average molecular weight is 164 g/mol. The summed E-state index contributed by atoms with van der Waals surface area (Å²) < 4.78 is 9.79. The lowest BCUT2D eigenvalue weighted by molar-refractivity contribution is -0.0609. The van der Waals surface area contributed by atoms with Gasteiger partial charge >= 0.3 is 0 Å². The molecule has 0 radical (unpaired) electrons. The SMILES string of the molecule is OCC(CO)OC1OC1CO. The predicted octanol–water partition coefficient (Wildman–Crippen LogP) is -1.93. The summed E-state index contributed by atoms with van der Waals surface area (Å²) in [5.74, 6) is 0. The summed E-state index contributed by atoms with van der Waals surface area (Å²) in [5, 5.41) is 25.6. The van der Waals surface area contributed by atoms with Crippen LogP contribution in [-0.2, 0) is 9.47 Å². The molecule has 0 aromatic carbocycles. The molecule has 0 aromatic heterocycles. The molecule has 0 amide bonds. The van der Waals surface area contributed by atoms with Crippen LogP contribution in [0.15, 0.2) is 0 Å². The van der Waals surface area contributed by atoms with Crippen LogP contribution < -0.4 is 0 Å². The van der Waals surface area contributed by atoms with Crippen molar-refractivity contribution in [3.8, 4) is 0 Å². The maximum Gasteiger partial charge on any atom is 0.187 e. The molecule has 0 spiro atoms. The van der Waals surface area contributed by atoms with E-state index in [-0.39, 0.29) is 25.9 Å². The van der Waals surface area contributed by atoms with Crippen molar-refractivity contribution >= 4 is 0 Å². The molecule has 0 aromatic rings. The zero-order valence-corrected chi connectivity index (χ0v) is 6.01. The molecule has 0 bridgehead atoms. The van der Waals surface area contributed by atoms with E-state index in [2.05, 4.69) is 0 Å². The van der Waals surface area contributed by atoms with Crippen molar-refractivity contribution in [2.75, 3.05) is 19.8 Å². The summed E-state index contributed by atoms with van der Waals surface area (Å²) in [6.07, 6.45) is -1.34. The second-order valence-corrected chi connectivity index (χ2v) is 2.35. The van der Waals surface area contributed by atoms with Crippen molar-refractivity contribution in [1.82, 2.24) is 0 Å². The normalized spacial score (nSPS) is 29.5. The molecule has 5 heteroatoms. The first-order valence-corrected chi connectivity index (χ1v) is 3.45. The molecule has 2 unspecified atom stereocenters. The zero-order valence-electron chi connectivity index (χ0n) is 6.01. The Hall–Kier alpha value is -0.200. The zero-order chi connectivity index (χ0) is 8.27. The summed E-state index contributed by atoms with van der Waals surface area (Å²) in [7, 11) is 0. The predicted molar refractivity (Wildman–Crippen MR) is 34.8 cm³/mol. The Morgan fingerprint density at radius 1 is 1.27 bits per heavy atom. The van der Waals surface area contributed by atoms with Gasteiger partial charge in [0, 0.05) is 0 Å². The highest BCUT2D eigenvalue weighted by atomic mass is 16.8. The Morgan fingerprint density at radius 3 is 2.27 bits per heavy atom. The van der Waals surface area contributed by atoms with Crippen LogP contribution in [0.1, 0.15) is 0 Å². The van der Waals surface area contributed by atoms with Gasteiger partial charge in [-0.25, -0.2) is 0 Å². The van der Waals surface area contributed by atoms with Gasteiger partial charge < -0.3 is 24.8 Å². The lowest BCUT2D eigenvalue weighted by Crippen LogP contribution is -2.24. The lowest BCUT2D eigenvalue weighted by atomic mass is 10.4. The van der Waals surface area contributed by atoms with Crippen molar-refractivity contribution in [3.05, 3.63) is 0 Å². The summed E-state index contributed by atoms with van der Waals surface area (Å²) in [4.78, 5) is 0. The van der Waals surface area contributed by atoms with E-state index in [1.54, 1.807) is 0 Å². The van der Waals surface area contributed by atoms with Gasteiger partial charge in [0.2, 0.25) is 0 Å². The lowest BCUT2D eigenvalue weighted by Gasteiger charge is -2.09. The first-order valence-electron chi connectivity index (χ1n) is 3.45. The van der Waals surface area contributed by atoms with Gasteiger partial charge in [-0.05, 0) is 0 Å². The fourth-order valence-corrected chi connectivity index (χ4v) is 0.709. The standard InChI is InChI=1S/C6H12O5/c7-1-4(2-8)10-6-5(3-9)11-6/h4-9H,1-3H2. The van der Waals surface area contributed by atoms with E-state index in [0.29, 0.717) is 0 Å². The van der Waals surface area contributed by atoms with Crippen molar-refractivity contribution in [3.63, 3.8) is 0 Å². The highest BCUT2D eigenvalue weighted by Crippen LogP contribution is 2.23. The van der Waals surface area contributed by atoms with E-state index >= 15 is 0 Å². The summed E-state index contributed by atoms with van der Waals surface area (Å²) in [6.45, 7) is -0.572. The van der Waals surface area contributed by atoms with Crippen LogP contribution in [0.25, 0.3) is 0 Å². The molecule has 1 aliphatic heterocycles. The van der Waals surface area contributed by atoms with E-state index in [1.807, 2.05) is 0 Å². The van der Waals surface area contributed by atoms with Crippen LogP contribution in [0.5, 0.6) is 0 Å². The molecule has 1 heterocycles. The molecule has 1 aliphatic rings. The number of aliphatic hydroxyl groups is 3. The van der Waals surface area contributed by atoms with Crippen LogP contribution in [-0.4, -0.2) is 53.6 Å². The third-order valence-electron chi connectivity index (χ3n) is 1.45. The Balaban J connectivity index is 2.11. The van der Waals surface area contributed by atoms with E-state index in [0.717, 1.165) is 0 Å². The molecule has 1 saturated heterocycles. The van der Waals surface area contributed by atoms with Gasteiger partial charge in [0.15, 0.2) is 6.29 Å². The smallest absolute Gasteiger partial charge is 0.187 e. The molecule has 2 atom stereocenters. The van der Waals surface area contributed by atoms with Crippen LogP contribution in [0.2, 0.25) is 0 Å². The molecule has 0 aliphatic carbocycles. The number of rotatable bonds is 5. The van der Waals surface area contributed by atoms with Crippen LogP contribution >= 0.6 is 0 Å². The van der Waals surface area contributed by atoms with Gasteiger partial charge in [0.1, 0.15) is 12.2 Å². The fourth-order valence-electron chi connectivity index (χ4n) is 0.709. The number of hydrogen-bond acceptors (Lipinski definition) is 5. The average Bonchev–Trinajstić information content (AvgIpc) is 2.78. The maximum absolute atomic E-state index is 8.56. The van der Waals surface area contributed by atoms with Crippen molar-refractivity contribution in [2.24, 2.45) is 0 Å². The van der Waals surface area contributed by atoms with E-state index < -0.39 is 12.4 Å². The Labute approximate surface area is 64.2 Å². The first-order chi connectivity index (χ1) is 5.31. The van der Waals surface area contributed by atoms with E-state index in [4.69, 9.17) is 24.8 Å². The minimum Gasteiger partial charge on any atom is -0.394 e. The van der Waals surface area contributed by atoms with Crippen LogP contribution in [0.3, 0.4) is 0 Å². The summed E-state index contributed by atoms with van der Waals surface area (Å²) in [5.41, 5.74) is 0. The van der Waals surface area contributed by atoms with Crippen LogP contribution in [0, 0.1) is 0 Å². The second-order valence-electron chi connectivity index (χ2n) is 2.35. The number of ether oxygens (including phenoxy) is 2. The van der Waals surface area contributed by atoms with Gasteiger partial charge in [-0.15, -0.1) is 0 Å². The quantitative estimate of drug-likeness (QED) is 0.412. The third kappa shape index (κ3) is 2.39. The third-order valence-corrected chi connectivity index (χ3v) is 1.45. The maximum atomic E-state index is 8.56. The van der Waals surface area contributed by atoms with Crippen molar-refractivity contribution in [2.45, 2.75) is 18.5 Å². The minimum absolute atomic E-state index is 0.0890. The molecule has 66 valence electrons. The molecule has 11 heavy (non-hydrogen) atoms. The molecule has 3 N–H and O–H groups in total. The van der Waals surface area contributed by atoms with E-state index in [9.17, 15) is 0 Å². The van der Waals surface area contributed by atoms with Gasteiger partial charge in [-0.3, -0.25) is 0 Å². The molecule has 0 saturated carbocycles. The largest absolute Gasteiger partial charge is 0.394 e. The van der Waals surface area contributed by atoms with Gasteiger partial charge in [0.25, 0.3) is 0 Å². The van der Waals surface area contributed by atoms with Gasteiger partial charge in [0.05, 0.1) is 19.8 Å². The number of hydrogen-bond donors (Lipinski definition) is 3. The Kier molecular flexibility index (Phi) is 3.22. The van der Waals surface area contributed by atoms with Gasteiger partial charge in [-0.1, -0.05) is 0 Å². The Morgan fingerprint density at radius 2 is 1.91 bits per heavy atom. The van der Waals surface area contributed by atoms with Crippen molar-refractivity contribution < 1.29 is 24.8 Å². The highest BCUT2D eigenvalue weighted by Gasteiger charge is 2.40. The fraction of sp³-hybridized carbons (Fsp3) is 1.00. The molecule has 1 fully saturated rings. The highest BCUT2D eigenvalue weighted by molar-refractivity contribution is 4.76. The Bertz CT molecular complexity index is 114. The van der Waals surface area contributed by atoms with Gasteiger partial charge in [-0.2, -0.15) is 0 Å². The second kappa shape index (κ2) is 3.99. The first kappa shape index (κ1) is 8.89. The molecule has 1 rings (SSSR count). The topological polar surface area (TPSA) is 82.5 Å². The van der Waals surface area contributed by atoms with E-state index in [1.165, 1.54) is 0 Å². The number of aliphatic hydroxyl groups excluding tert-OH is 3. The molecule has 5 nitrogen and oxygen atoms in total.